The molecule has 1 N–H and O–H groups in total. The Morgan fingerprint density at radius 2 is 2.15 bits per heavy atom. The van der Waals surface area contributed by atoms with Crippen molar-refractivity contribution >= 4 is 44.8 Å². The number of ether oxygens (including phenoxy) is 1. The van der Waals surface area contributed by atoms with E-state index >= 15 is 0 Å². The van der Waals surface area contributed by atoms with E-state index in [0.29, 0.717) is 28.5 Å². The Morgan fingerprint density at radius 3 is 2.70 bits per heavy atom. The van der Waals surface area contributed by atoms with Gasteiger partial charge in [0.2, 0.25) is 5.91 Å². The Hall–Kier alpha value is -1.01. The summed E-state index contributed by atoms with van der Waals surface area (Å²) in [5.74, 6) is -0.430. The molecule has 0 spiro atoms. The normalized spacial score (nSPS) is 10.5. The van der Waals surface area contributed by atoms with Gasteiger partial charge in [-0.05, 0) is 35.8 Å². The number of hydrogen-bond donors (Lipinski definition) is 1. The molecule has 1 aromatic rings. The largest absolute Gasteiger partial charge is 0.486 e. The molecule has 110 valence electrons. The highest BCUT2D eigenvalue weighted by atomic mass is 79.9. The number of carbonyl (C=O) groups excluding carboxylic acids is 1. The van der Waals surface area contributed by atoms with Crippen molar-refractivity contribution in [2.24, 2.45) is 5.92 Å². The minimum atomic E-state index is -0.496. The Labute approximate surface area is 132 Å². The molecular weight excluding hydrogens is 345 g/mol. The number of benzene rings is 1. The molecule has 6 heteroatoms. The van der Waals surface area contributed by atoms with E-state index in [-0.39, 0.29) is 11.6 Å². The lowest BCUT2D eigenvalue weighted by Gasteiger charge is -2.12. The summed E-state index contributed by atoms with van der Waals surface area (Å²) in [5.41, 5.74) is 0.909. The van der Waals surface area contributed by atoms with E-state index in [1.807, 2.05) is 13.8 Å². The highest BCUT2D eigenvalue weighted by molar-refractivity contribution is 9.10. The molecule has 0 heterocycles. The van der Waals surface area contributed by atoms with Crippen LogP contribution in [-0.4, -0.2) is 17.6 Å². The fraction of sp³-hybridized carbons (Fsp3) is 0.429. The third kappa shape index (κ3) is 5.54. The van der Waals surface area contributed by atoms with E-state index < -0.39 is 5.82 Å². The number of hydrogen-bond acceptors (Lipinski definition) is 3. The maximum atomic E-state index is 13.7. The average Bonchev–Trinajstić information content (AvgIpc) is 2.32. The quantitative estimate of drug-likeness (QED) is 0.802. The van der Waals surface area contributed by atoms with Crippen LogP contribution in [0.25, 0.3) is 0 Å². The average molecular weight is 362 g/mol. The van der Waals surface area contributed by atoms with E-state index in [0.717, 1.165) is 5.56 Å². The first-order valence-electron chi connectivity index (χ1n) is 6.20. The van der Waals surface area contributed by atoms with E-state index in [9.17, 15) is 9.18 Å². The summed E-state index contributed by atoms with van der Waals surface area (Å²) in [6, 6.07) is 2.87. The summed E-state index contributed by atoms with van der Waals surface area (Å²) in [6.07, 6.45) is 0.384. The molecule has 0 aliphatic rings. The van der Waals surface area contributed by atoms with Crippen LogP contribution in [0.2, 0.25) is 0 Å². The van der Waals surface area contributed by atoms with Crippen LogP contribution < -0.4 is 5.32 Å². The number of halogens is 2. The van der Waals surface area contributed by atoms with Gasteiger partial charge in [-0.2, -0.15) is 0 Å². The van der Waals surface area contributed by atoms with Gasteiger partial charge in [-0.3, -0.25) is 4.79 Å². The summed E-state index contributed by atoms with van der Waals surface area (Å²) in [5, 5.41) is 2.89. The molecule has 20 heavy (non-hydrogen) atoms. The van der Waals surface area contributed by atoms with Crippen LogP contribution in [-0.2, 0) is 16.0 Å². The minimum absolute atomic E-state index is 0.141. The zero-order valence-electron chi connectivity index (χ0n) is 11.6. The van der Waals surface area contributed by atoms with Crippen molar-refractivity contribution in [3.8, 4) is 0 Å². The molecule has 1 amide bonds. The van der Waals surface area contributed by atoms with Crippen molar-refractivity contribution < 1.29 is 13.9 Å². The van der Waals surface area contributed by atoms with Crippen LogP contribution in [0.3, 0.4) is 0 Å². The Balaban J connectivity index is 2.83. The minimum Gasteiger partial charge on any atom is -0.486 e. The van der Waals surface area contributed by atoms with Crippen LogP contribution in [0, 0.1) is 11.7 Å². The fourth-order valence-electron chi connectivity index (χ4n) is 1.48. The van der Waals surface area contributed by atoms with Gasteiger partial charge in [0.05, 0.1) is 12.3 Å². The van der Waals surface area contributed by atoms with E-state index in [4.69, 9.17) is 17.0 Å². The molecule has 0 aromatic heterocycles. The molecule has 1 aromatic carbocycles. The van der Waals surface area contributed by atoms with Gasteiger partial charge in [0.15, 0.2) is 5.05 Å². The van der Waals surface area contributed by atoms with Crippen LogP contribution in [0.1, 0.15) is 26.3 Å². The third-order valence-corrected chi connectivity index (χ3v) is 3.36. The van der Waals surface area contributed by atoms with Gasteiger partial charge in [-0.1, -0.05) is 29.8 Å². The molecule has 0 unspecified atom stereocenters. The zero-order chi connectivity index (χ0) is 15.3. The number of carbonyl (C=O) groups is 1. The second-order valence-electron chi connectivity index (χ2n) is 4.86. The van der Waals surface area contributed by atoms with Crippen molar-refractivity contribution in [1.82, 2.24) is 0 Å². The zero-order valence-corrected chi connectivity index (χ0v) is 14.0. The summed E-state index contributed by atoms with van der Waals surface area (Å²) >= 11 is 8.44. The van der Waals surface area contributed by atoms with Crippen LogP contribution in [0.15, 0.2) is 16.6 Å². The van der Waals surface area contributed by atoms with Gasteiger partial charge in [0, 0.05) is 17.8 Å². The van der Waals surface area contributed by atoms with Gasteiger partial charge in [-0.15, -0.1) is 0 Å². The molecule has 0 saturated heterocycles. The van der Waals surface area contributed by atoms with Crippen molar-refractivity contribution in [1.29, 1.82) is 0 Å². The van der Waals surface area contributed by atoms with E-state index in [2.05, 4.69) is 21.2 Å². The predicted octanol–water partition coefficient (Wildman–Crippen LogP) is 4.09. The molecule has 0 atom stereocenters. The molecule has 0 radical (unpaired) electrons. The molecule has 0 bridgehead atoms. The molecule has 0 fully saturated rings. The van der Waals surface area contributed by atoms with Gasteiger partial charge in [-0.25, -0.2) is 4.39 Å². The number of amides is 1. The first-order valence-corrected chi connectivity index (χ1v) is 7.41. The second kappa shape index (κ2) is 7.69. The van der Waals surface area contributed by atoms with Crippen LogP contribution in [0.4, 0.5) is 10.1 Å². The number of anilines is 1. The second-order valence-corrected chi connectivity index (χ2v) is 6.17. The molecule has 3 nitrogen and oxygen atoms in total. The Bertz CT molecular complexity index is 520. The van der Waals surface area contributed by atoms with Crippen molar-refractivity contribution in [3.05, 3.63) is 28.0 Å². The fourth-order valence-corrected chi connectivity index (χ4v) is 2.16. The topological polar surface area (TPSA) is 38.3 Å². The van der Waals surface area contributed by atoms with Crippen molar-refractivity contribution in [2.75, 3.05) is 11.9 Å². The standard InChI is InChI=1S/C14H17BrFNO2S/c1-8(2)7-19-14(20)5-10-4-13(17-9(3)18)12(16)6-11(10)15/h4,6,8H,5,7H2,1-3H3,(H,17,18). The number of thiocarbonyl (C=S) groups is 1. The maximum absolute atomic E-state index is 13.7. The highest BCUT2D eigenvalue weighted by Crippen LogP contribution is 2.25. The lowest BCUT2D eigenvalue weighted by Crippen LogP contribution is -2.12. The molecule has 1 rings (SSSR count). The predicted molar refractivity (Wildman–Crippen MR) is 85.5 cm³/mol. The Morgan fingerprint density at radius 1 is 1.50 bits per heavy atom. The van der Waals surface area contributed by atoms with Gasteiger partial charge >= 0.3 is 0 Å². The monoisotopic (exact) mass is 361 g/mol. The smallest absolute Gasteiger partial charge is 0.221 e. The molecule has 0 aliphatic carbocycles. The molecule has 0 saturated carbocycles. The van der Waals surface area contributed by atoms with E-state index in [1.165, 1.54) is 13.0 Å². The SMILES string of the molecule is CC(=O)Nc1cc(CC(=S)OCC(C)C)c(Br)cc1F. The van der Waals surface area contributed by atoms with Crippen LogP contribution in [0.5, 0.6) is 0 Å². The van der Waals surface area contributed by atoms with Crippen LogP contribution >= 0.6 is 28.1 Å². The summed E-state index contributed by atoms with van der Waals surface area (Å²) in [4.78, 5) is 11.0. The van der Waals surface area contributed by atoms with Crippen molar-refractivity contribution in [3.63, 3.8) is 0 Å². The van der Waals surface area contributed by atoms with Gasteiger partial charge in [0.1, 0.15) is 5.82 Å². The first-order chi connectivity index (χ1) is 9.29. The first kappa shape index (κ1) is 17.0. The van der Waals surface area contributed by atoms with Crippen molar-refractivity contribution in [2.45, 2.75) is 27.2 Å². The van der Waals surface area contributed by atoms with Gasteiger partial charge in [0.25, 0.3) is 0 Å². The number of rotatable bonds is 5. The maximum Gasteiger partial charge on any atom is 0.221 e. The lowest BCUT2D eigenvalue weighted by molar-refractivity contribution is -0.114. The summed E-state index contributed by atoms with van der Waals surface area (Å²) < 4.78 is 19.7. The third-order valence-electron chi connectivity index (χ3n) is 2.36. The van der Waals surface area contributed by atoms with E-state index in [1.54, 1.807) is 6.07 Å². The summed E-state index contributed by atoms with van der Waals surface area (Å²) in [7, 11) is 0. The van der Waals surface area contributed by atoms with Gasteiger partial charge < -0.3 is 10.1 Å². The molecule has 0 aliphatic heterocycles. The summed E-state index contributed by atoms with van der Waals surface area (Å²) in [6.45, 7) is 5.95. The highest BCUT2D eigenvalue weighted by Gasteiger charge is 2.12. The molecular formula is C14H17BrFNO2S. The lowest BCUT2D eigenvalue weighted by atomic mass is 10.1. The number of nitrogens with one attached hydrogen (secondary N) is 1. The Kier molecular flexibility index (Phi) is 6.55.